The minimum atomic E-state index is -3.98. The summed E-state index contributed by atoms with van der Waals surface area (Å²) >= 11 is 0. The van der Waals surface area contributed by atoms with Crippen molar-refractivity contribution in [2.75, 3.05) is 19.8 Å². The molecule has 0 aromatic heterocycles. The van der Waals surface area contributed by atoms with Gasteiger partial charge in [0.05, 0.1) is 18.1 Å². The van der Waals surface area contributed by atoms with Crippen molar-refractivity contribution in [1.29, 1.82) is 0 Å². The van der Waals surface area contributed by atoms with Gasteiger partial charge < -0.3 is 9.05 Å². The second-order valence-electron chi connectivity index (χ2n) is 5.41. The van der Waals surface area contributed by atoms with Gasteiger partial charge in [-0.05, 0) is 39.3 Å². The Labute approximate surface area is 142 Å². The van der Waals surface area contributed by atoms with Gasteiger partial charge in [0.25, 0.3) is 15.9 Å². The van der Waals surface area contributed by atoms with E-state index in [4.69, 9.17) is 9.05 Å². The Morgan fingerprint density at radius 3 is 2.21 bits per heavy atom. The molecule has 0 radical (unpaired) electrons. The molecule has 7 nitrogen and oxygen atoms in total. The zero-order valence-corrected chi connectivity index (χ0v) is 15.7. The molecule has 1 aliphatic heterocycles. The smallest absolute Gasteiger partial charge is 0.308 e. The van der Waals surface area contributed by atoms with Crippen molar-refractivity contribution in [1.82, 2.24) is 4.31 Å². The van der Waals surface area contributed by atoms with E-state index in [2.05, 4.69) is 0 Å². The number of hydrogen-bond acceptors (Lipinski definition) is 6. The lowest BCUT2D eigenvalue weighted by molar-refractivity contribution is -0.123. The number of amides is 1. The van der Waals surface area contributed by atoms with E-state index in [0.717, 1.165) is 9.87 Å². The Kier molecular flexibility index (Phi) is 5.86. The predicted octanol–water partition coefficient (Wildman–Crippen LogP) is 2.55. The summed E-state index contributed by atoms with van der Waals surface area (Å²) in [4.78, 5) is 12.6. The molecule has 2 rings (SSSR count). The molecule has 0 N–H and O–H groups in total. The lowest BCUT2D eigenvalue weighted by atomic mass is 10.2. The maximum absolute atomic E-state index is 12.8. The molecule has 1 aliphatic rings. The molecule has 1 heterocycles. The first-order valence-corrected chi connectivity index (χ1v) is 10.8. The lowest BCUT2D eigenvalue weighted by Crippen LogP contribution is -2.35. The molecular weight excluding hydrogens is 353 g/mol. The summed E-state index contributed by atoms with van der Waals surface area (Å²) in [5.74, 6) is -0.735. The van der Waals surface area contributed by atoms with Crippen molar-refractivity contribution in [3.8, 4) is 0 Å². The van der Waals surface area contributed by atoms with Gasteiger partial charge in [-0.3, -0.25) is 9.36 Å². The average molecular weight is 375 g/mol. The van der Waals surface area contributed by atoms with Crippen LogP contribution in [0.5, 0.6) is 0 Å². The van der Waals surface area contributed by atoms with Gasteiger partial charge in [0.15, 0.2) is 0 Å². The van der Waals surface area contributed by atoms with Gasteiger partial charge in [-0.2, -0.15) is 0 Å². The zero-order valence-electron chi connectivity index (χ0n) is 14.0. The van der Waals surface area contributed by atoms with E-state index < -0.39 is 29.2 Å². The number of carbonyl (C=O) groups is 1. The van der Waals surface area contributed by atoms with Crippen LogP contribution in [0.3, 0.4) is 0 Å². The molecule has 9 heteroatoms. The average Bonchev–Trinajstić information content (AvgIpc) is 2.91. The molecule has 1 saturated heterocycles. The Morgan fingerprint density at radius 2 is 1.71 bits per heavy atom. The third-order valence-electron chi connectivity index (χ3n) is 3.75. The SMILES string of the molecule is CCOP(=O)(OCC)C1CCN(S(=O)(=O)c2ccc(C)cc2)C1=O. The minimum Gasteiger partial charge on any atom is -0.308 e. The van der Waals surface area contributed by atoms with Gasteiger partial charge >= 0.3 is 7.60 Å². The topological polar surface area (TPSA) is 90.0 Å². The van der Waals surface area contributed by atoms with E-state index in [0.29, 0.717) is 0 Å². The number of sulfonamides is 1. The fraction of sp³-hybridized carbons (Fsp3) is 0.533. The van der Waals surface area contributed by atoms with Crippen molar-refractivity contribution in [3.05, 3.63) is 29.8 Å². The number of benzene rings is 1. The number of rotatable bonds is 7. The van der Waals surface area contributed by atoms with Gasteiger partial charge in [-0.25, -0.2) is 12.7 Å². The van der Waals surface area contributed by atoms with Crippen molar-refractivity contribution in [2.24, 2.45) is 0 Å². The molecule has 0 spiro atoms. The predicted molar refractivity (Wildman–Crippen MR) is 89.3 cm³/mol. The largest absolute Gasteiger partial charge is 0.343 e. The van der Waals surface area contributed by atoms with Crippen molar-refractivity contribution in [3.63, 3.8) is 0 Å². The molecule has 0 saturated carbocycles. The van der Waals surface area contributed by atoms with Crippen molar-refractivity contribution < 1.29 is 26.8 Å². The van der Waals surface area contributed by atoms with Crippen LogP contribution in [0.4, 0.5) is 0 Å². The summed E-state index contributed by atoms with van der Waals surface area (Å²) in [6, 6.07) is 6.23. The van der Waals surface area contributed by atoms with Crippen molar-refractivity contribution in [2.45, 2.75) is 37.7 Å². The molecule has 1 unspecified atom stereocenters. The van der Waals surface area contributed by atoms with Crippen LogP contribution < -0.4 is 0 Å². The third-order valence-corrected chi connectivity index (χ3v) is 8.03. The monoisotopic (exact) mass is 375 g/mol. The maximum Gasteiger partial charge on any atom is 0.343 e. The molecule has 1 aromatic rings. The van der Waals surface area contributed by atoms with E-state index in [9.17, 15) is 17.8 Å². The van der Waals surface area contributed by atoms with Gasteiger partial charge in [0.1, 0.15) is 5.66 Å². The van der Waals surface area contributed by atoms with Gasteiger partial charge in [-0.15, -0.1) is 0 Å². The summed E-state index contributed by atoms with van der Waals surface area (Å²) < 4.78 is 49.3. The Hall–Kier alpha value is -1.21. The van der Waals surface area contributed by atoms with E-state index in [1.54, 1.807) is 26.0 Å². The van der Waals surface area contributed by atoms with E-state index in [1.165, 1.54) is 12.1 Å². The van der Waals surface area contributed by atoms with Gasteiger partial charge in [0, 0.05) is 6.54 Å². The summed E-state index contributed by atoms with van der Waals surface area (Å²) in [7, 11) is -7.66. The lowest BCUT2D eigenvalue weighted by Gasteiger charge is -2.22. The minimum absolute atomic E-state index is 0.0322. The highest BCUT2D eigenvalue weighted by atomic mass is 32.2. The van der Waals surface area contributed by atoms with Crippen LogP contribution in [0.2, 0.25) is 0 Å². The molecule has 0 aliphatic carbocycles. The van der Waals surface area contributed by atoms with Crippen LogP contribution in [0, 0.1) is 6.92 Å². The Morgan fingerprint density at radius 1 is 1.17 bits per heavy atom. The number of aryl methyl sites for hydroxylation is 1. The van der Waals surface area contributed by atoms with Gasteiger partial charge in [0.2, 0.25) is 0 Å². The fourth-order valence-corrected chi connectivity index (χ4v) is 6.10. The Bertz CT molecular complexity index is 736. The van der Waals surface area contributed by atoms with Crippen molar-refractivity contribution >= 4 is 23.5 Å². The summed E-state index contributed by atoms with van der Waals surface area (Å²) in [5.41, 5.74) is -0.172. The quantitative estimate of drug-likeness (QED) is 0.681. The Balaban J connectivity index is 2.30. The maximum atomic E-state index is 12.8. The highest BCUT2D eigenvalue weighted by Crippen LogP contribution is 2.56. The molecule has 1 amide bonds. The van der Waals surface area contributed by atoms with Gasteiger partial charge in [-0.1, -0.05) is 17.7 Å². The van der Waals surface area contributed by atoms with Crippen LogP contribution in [-0.2, 0) is 28.4 Å². The number of hydrogen-bond donors (Lipinski definition) is 0. The van der Waals surface area contributed by atoms with E-state index in [1.807, 2.05) is 6.92 Å². The summed E-state index contributed by atoms with van der Waals surface area (Å²) in [5, 5.41) is 0. The number of nitrogens with zero attached hydrogens (tertiary/aromatic N) is 1. The zero-order chi connectivity index (χ0) is 18.0. The normalized spacial score (nSPS) is 19.0. The highest BCUT2D eigenvalue weighted by Gasteiger charge is 2.50. The fourth-order valence-electron chi connectivity index (χ4n) is 2.59. The number of carbonyl (C=O) groups excluding carboxylic acids is 1. The second kappa shape index (κ2) is 7.35. The molecule has 134 valence electrons. The van der Waals surface area contributed by atoms with E-state index in [-0.39, 0.29) is 31.1 Å². The summed E-state index contributed by atoms with van der Waals surface area (Å²) in [6.07, 6.45) is 0.112. The second-order valence-corrected chi connectivity index (χ2v) is 9.49. The van der Waals surface area contributed by atoms with Crippen LogP contribution >= 0.6 is 7.60 Å². The molecule has 0 bridgehead atoms. The molecule has 24 heavy (non-hydrogen) atoms. The molecular formula is C15H22NO6PS. The highest BCUT2D eigenvalue weighted by molar-refractivity contribution is 7.89. The molecule has 1 aromatic carbocycles. The molecule has 1 fully saturated rings. The molecule has 1 atom stereocenters. The van der Waals surface area contributed by atoms with E-state index >= 15 is 0 Å². The standard InChI is InChI=1S/C15H22NO6PS/c1-4-21-23(18,22-5-2)14-10-11-16(15(14)17)24(19,20)13-8-6-12(3)7-9-13/h6-9,14H,4-5,10-11H2,1-3H3. The van der Waals surface area contributed by atoms with Crippen LogP contribution in [0.1, 0.15) is 25.8 Å². The van der Waals surface area contributed by atoms with Crippen LogP contribution in [0.25, 0.3) is 0 Å². The first-order chi connectivity index (χ1) is 11.3. The third kappa shape index (κ3) is 3.57. The van der Waals surface area contributed by atoms with Crippen LogP contribution in [0.15, 0.2) is 29.2 Å². The first-order valence-electron chi connectivity index (χ1n) is 7.78. The summed E-state index contributed by atoms with van der Waals surface area (Å²) in [6.45, 7) is 5.33. The first kappa shape index (κ1) is 19.1. The van der Waals surface area contributed by atoms with Crippen LogP contribution in [-0.4, -0.2) is 44.0 Å².